The highest BCUT2D eigenvalue weighted by Crippen LogP contribution is 2.28. The Morgan fingerprint density at radius 1 is 1.11 bits per heavy atom. The molecule has 0 saturated heterocycles. The number of benzene rings is 1. The lowest BCUT2D eigenvalue weighted by molar-refractivity contribution is 0.337. The van der Waals surface area contributed by atoms with Crippen LogP contribution in [0, 0.1) is 13.8 Å². The Labute approximate surface area is 113 Å². The Bertz CT molecular complexity index is 564. The van der Waals surface area contributed by atoms with Crippen LogP contribution in [0.25, 0.3) is 11.3 Å². The Balaban J connectivity index is 2.41. The highest BCUT2D eigenvalue weighted by Gasteiger charge is 2.09. The summed E-state index contributed by atoms with van der Waals surface area (Å²) in [7, 11) is 0. The summed E-state index contributed by atoms with van der Waals surface area (Å²) in [6, 6.07) is 8.00. The highest BCUT2D eigenvalue weighted by atomic mass is 16.5. The molecule has 0 aliphatic carbocycles. The van der Waals surface area contributed by atoms with Gasteiger partial charge in [0.2, 0.25) is 0 Å². The Morgan fingerprint density at radius 3 is 2.47 bits per heavy atom. The third-order valence-electron chi connectivity index (χ3n) is 3.03. The number of hydrogen-bond donors (Lipinski definition) is 1. The van der Waals surface area contributed by atoms with Crippen molar-refractivity contribution >= 4 is 0 Å². The van der Waals surface area contributed by atoms with Crippen LogP contribution in [0.4, 0.5) is 0 Å². The molecule has 4 nitrogen and oxygen atoms in total. The molecule has 0 aliphatic rings. The van der Waals surface area contributed by atoms with Gasteiger partial charge >= 0.3 is 0 Å². The van der Waals surface area contributed by atoms with Crippen molar-refractivity contribution in [3.63, 3.8) is 0 Å². The molecule has 0 atom stereocenters. The van der Waals surface area contributed by atoms with Gasteiger partial charge in [0.25, 0.3) is 0 Å². The van der Waals surface area contributed by atoms with Crippen molar-refractivity contribution in [2.75, 3.05) is 6.61 Å². The standard InChI is InChI=1S/C15H19N3O/c1-4-19-15-8-10(2)13(7-11(15)3)14-6-5-12(9-16)17-18-14/h5-8H,4,9,16H2,1-3H3. The van der Waals surface area contributed by atoms with E-state index in [-0.39, 0.29) is 0 Å². The molecule has 0 saturated carbocycles. The van der Waals surface area contributed by atoms with Crippen LogP contribution >= 0.6 is 0 Å². The van der Waals surface area contributed by atoms with Crippen molar-refractivity contribution < 1.29 is 4.74 Å². The van der Waals surface area contributed by atoms with Crippen LogP contribution in [0.5, 0.6) is 5.75 Å². The Morgan fingerprint density at radius 2 is 1.89 bits per heavy atom. The van der Waals surface area contributed by atoms with Gasteiger partial charge < -0.3 is 10.5 Å². The van der Waals surface area contributed by atoms with Crippen LogP contribution in [-0.2, 0) is 6.54 Å². The van der Waals surface area contributed by atoms with Crippen LogP contribution < -0.4 is 10.5 Å². The van der Waals surface area contributed by atoms with Gasteiger partial charge in [0.15, 0.2) is 0 Å². The van der Waals surface area contributed by atoms with E-state index in [4.69, 9.17) is 10.5 Å². The molecule has 2 N–H and O–H groups in total. The largest absolute Gasteiger partial charge is 0.494 e. The number of aromatic nitrogens is 2. The number of rotatable bonds is 4. The smallest absolute Gasteiger partial charge is 0.122 e. The van der Waals surface area contributed by atoms with Gasteiger partial charge in [-0.25, -0.2) is 0 Å². The zero-order valence-corrected chi connectivity index (χ0v) is 11.6. The second-order valence-corrected chi connectivity index (χ2v) is 4.48. The first-order chi connectivity index (χ1) is 9.15. The molecule has 0 amide bonds. The minimum atomic E-state index is 0.411. The van der Waals surface area contributed by atoms with E-state index in [0.29, 0.717) is 13.2 Å². The average molecular weight is 257 g/mol. The lowest BCUT2D eigenvalue weighted by atomic mass is 10.0. The van der Waals surface area contributed by atoms with Gasteiger partial charge in [0.05, 0.1) is 18.0 Å². The molecule has 0 fully saturated rings. The summed E-state index contributed by atoms with van der Waals surface area (Å²) in [6.07, 6.45) is 0. The van der Waals surface area contributed by atoms with Gasteiger partial charge in [0.1, 0.15) is 5.75 Å². The van der Waals surface area contributed by atoms with Gasteiger partial charge in [-0.05, 0) is 56.2 Å². The topological polar surface area (TPSA) is 61.0 Å². The van der Waals surface area contributed by atoms with E-state index in [2.05, 4.69) is 23.2 Å². The van der Waals surface area contributed by atoms with E-state index in [0.717, 1.165) is 33.8 Å². The zero-order chi connectivity index (χ0) is 13.8. The quantitative estimate of drug-likeness (QED) is 0.914. The number of nitrogens with zero attached hydrogens (tertiary/aromatic N) is 2. The van der Waals surface area contributed by atoms with Crippen LogP contribution in [0.3, 0.4) is 0 Å². The van der Waals surface area contributed by atoms with Crippen molar-refractivity contribution in [1.29, 1.82) is 0 Å². The van der Waals surface area contributed by atoms with Gasteiger partial charge in [-0.3, -0.25) is 0 Å². The summed E-state index contributed by atoms with van der Waals surface area (Å²) in [5, 5.41) is 8.32. The maximum atomic E-state index is 5.59. The Kier molecular flexibility index (Phi) is 4.12. The SMILES string of the molecule is CCOc1cc(C)c(-c2ccc(CN)nn2)cc1C. The number of nitrogens with two attached hydrogens (primary N) is 1. The van der Waals surface area contributed by atoms with Crippen molar-refractivity contribution in [3.05, 3.63) is 41.1 Å². The van der Waals surface area contributed by atoms with E-state index in [9.17, 15) is 0 Å². The first kappa shape index (κ1) is 13.5. The zero-order valence-electron chi connectivity index (χ0n) is 11.6. The number of ether oxygens (including phenoxy) is 1. The summed E-state index contributed by atoms with van der Waals surface area (Å²) < 4.78 is 5.59. The third-order valence-corrected chi connectivity index (χ3v) is 3.03. The van der Waals surface area contributed by atoms with Gasteiger partial charge in [-0.15, -0.1) is 0 Å². The number of hydrogen-bond acceptors (Lipinski definition) is 4. The number of aryl methyl sites for hydroxylation is 2. The van der Waals surface area contributed by atoms with Crippen molar-refractivity contribution in [3.8, 4) is 17.0 Å². The monoisotopic (exact) mass is 257 g/mol. The Hall–Kier alpha value is -1.94. The van der Waals surface area contributed by atoms with Crippen LogP contribution in [0.1, 0.15) is 23.7 Å². The molecule has 0 bridgehead atoms. The summed E-state index contributed by atoms with van der Waals surface area (Å²) >= 11 is 0. The van der Waals surface area contributed by atoms with Crippen LogP contribution in [0.15, 0.2) is 24.3 Å². The van der Waals surface area contributed by atoms with Gasteiger partial charge in [-0.2, -0.15) is 10.2 Å². The van der Waals surface area contributed by atoms with Gasteiger partial charge in [0, 0.05) is 12.1 Å². The second-order valence-electron chi connectivity index (χ2n) is 4.48. The predicted molar refractivity (Wildman–Crippen MR) is 76.0 cm³/mol. The third kappa shape index (κ3) is 2.90. The molecule has 0 radical (unpaired) electrons. The normalized spacial score (nSPS) is 10.5. The molecule has 19 heavy (non-hydrogen) atoms. The van der Waals surface area contributed by atoms with Crippen molar-refractivity contribution in [1.82, 2.24) is 10.2 Å². The molecule has 1 heterocycles. The van der Waals surface area contributed by atoms with E-state index in [1.54, 1.807) is 0 Å². The highest BCUT2D eigenvalue weighted by molar-refractivity contribution is 5.66. The average Bonchev–Trinajstić information content (AvgIpc) is 2.43. The molecular formula is C15H19N3O. The van der Waals surface area contributed by atoms with E-state index < -0.39 is 0 Å². The first-order valence-corrected chi connectivity index (χ1v) is 6.42. The fourth-order valence-electron chi connectivity index (χ4n) is 1.99. The molecule has 0 spiro atoms. The molecular weight excluding hydrogens is 238 g/mol. The summed E-state index contributed by atoms with van der Waals surface area (Å²) in [5.74, 6) is 0.926. The van der Waals surface area contributed by atoms with E-state index in [1.165, 1.54) is 0 Å². The minimum absolute atomic E-state index is 0.411. The summed E-state index contributed by atoms with van der Waals surface area (Å²) in [6.45, 7) is 7.16. The first-order valence-electron chi connectivity index (χ1n) is 6.42. The molecule has 2 rings (SSSR count). The van der Waals surface area contributed by atoms with Crippen LogP contribution in [0.2, 0.25) is 0 Å². The molecule has 1 aromatic carbocycles. The van der Waals surface area contributed by atoms with Crippen molar-refractivity contribution in [2.45, 2.75) is 27.3 Å². The maximum absolute atomic E-state index is 5.59. The minimum Gasteiger partial charge on any atom is -0.494 e. The van der Waals surface area contributed by atoms with E-state index >= 15 is 0 Å². The van der Waals surface area contributed by atoms with Crippen molar-refractivity contribution in [2.24, 2.45) is 5.73 Å². The lowest BCUT2D eigenvalue weighted by Gasteiger charge is -2.12. The van der Waals surface area contributed by atoms with Crippen LogP contribution in [-0.4, -0.2) is 16.8 Å². The molecule has 4 heteroatoms. The summed E-state index contributed by atoms with van der Waals surface area (Å²) in [5.41, 5.74) is 10.5. The molecule has 0 aliphatic heterocycles. The summed E-state index contributed by atoms with van der Waals surface area (Å²) in [4.78, 5) is 0. The lowest BCUT2D eigenvalue weighted by Crippen LogP contribution is -2.02. The maximum Gasteiger partial charge on any atom is 0.122 e. The molecule has 2 aromatic rings. The fourth-order valence-corrected chi connectivity index (χ4v) is 1.99. The molecule has 1 aromatic heterocycles. The fraction of sp³-hybridized carbons (Fsp3) is 0.333. The molecule has 100 valence electrons. The van der Waals surface area contributed by atoms with E-state index in [1.807, 2.05) is 32.0 Å². The second kappa shape index (κ2) is 5.80. The van der Waals surface area contributed by atoms with Gasteiger partial charge in [-0.1, -0.05) is 0 Å². The predicted octanol–water partition coefficient (Wildman–Crippen LogP) is 2.62. The molecule has 0 unspecified atom stereocenters.